The summed E-state index contributed by atoms with van der Waals surface area (Å²) >= 11 is 0. The molecule has 2 aromatic heterocycles. The molecule has 0 saturated carbocycles. The van der Waals surface area contributed by atoms with Crippen LogP contribution in [0.1, 0.15) is 44.4 Å². The van der Waals surface area contributed by atoms with Crippen LogP contribution in [0, 0.1) is 20.8 Å². The van der Waals surface area contributed by atoms with Crippen molar-refractivity contribution in [1.29, 1.82) is 0 Å². The van der Waals surface area contributed by atoms with Gasteiger partial charge in [-0.15, -0.1) is 0 Å². The van der Waals surface area contributed by atoms with Crippen LogP contribution in [-0.4, -0.2) is 9.97 Å². The van der Waals surface area contributed by atoms with Gasteiger partial charge in [0.1, 0.15) is 0 Å². The molecule has 0 saturated heterocycles. The van der Waals surface area contributed by atoms with Gasteiger partial charge in [-0.25, -0.2) is 0 Å². The van der Waals surface area contributed by atoms with Crippen LogP contribution >= 0.6 is 0 Å². The Morgan fingerprint density at radius 3 is 1.27 bits per heavy atom. The maximum Gasteiger partial charge on any atom is 0.0723 e. The summed E-state index contributed by atoms with van der Waals surface area (Å²) in [6.45, 7) is 14.6. The third-order valence-corrected chi connectivity index (χ3v) is 10.0. The Morgan fingerprint density at radius 2 is 0.800 bits per heavy atom. The van der Waals surface area contributed by atoms with Crippen molar-refractivity contribution < 1.29 is 0 Å². The second-order valence-electron chi connectivity index (χ2n) is 13.3. The molecule has 0 atom stereocenters. The summed E-state index contributed by atoms with van der Waals surface area (Å²) in [5.41, 5.74) is 12.2. The zero-order valence-corrected chi connectivity index (χ0v) is 32.9. The molecule has 0 N–H and O–H groups in total. The van der Waals surface area contributed by atoms with Crippen LogP contribution in [0.3, 0.4) is 0 Å². The third-order valence-electron chi connectivity index (χ3n) is 10.0. The molecule has 4 nitrogen and oxygen atoms in total. The first-order valence-corrected chi connectivity index (χ1v) is 19.4. The standard InChI is InChI=1S/C47H36N4.2C2H6/c1-31-24-25-36-39(28-31)47(51(35-16-8-5-9-17-35)45-23-11-21-43-38(45)19-13-27-49-43)41-30-33(3)32(2)29-40(41)46(36)50(34-14-6-4-7-15-34)44-22-10-20-42-37(44)18-12-26-48-42;2*1-2/h4-30H,1-3H3;2*1-2H3. The van der Waals surface area contributed by atoms with Crippen molar-refractivity contribution in [3.63, 3.8) is 0 Å². The second-order valence-corrected chi connectivity index (χ2v) is 13.3. The number of aromatic nitrogens is 2. The number of fused-ring (bicyclic) bond motifs is 4. The van der Waals surface area contributed by atoms with Gasteiger partial charge in [-0.05, 0) is 123 Å². The number of hydrogen-bond donors (Lipinski definition) is 0. The summed E-state index contributed by atoms with van der Waals surface area (Å²) in [6, 6.07) is 54.4. The van der Waals surface area contributed by atoms with Gasteiger partial charge in [0.05, 0.1) is 33.8 Å². The van der Waals surface area contributed by atoms with Crippen LogP contribution in [0.2, 0.25) is 0 Å². The van der Waals surface area contributed by atoms with Crippen molar-refractivity contribution in [3.8, 4) is 0 Å². The zero-order valence-electron chi connectivity index (χ0n) is 32.9. The Morgan fingerprint density at radius 1 is 0.364 bits per heavy atom. The maximum absolute atomic E-state index is 4.77. The van der Waals surface area contributed by atoms with Gasteiger partial charge < -0.3 is 9.80 Å². The molecule has 4 heteroatoms. The lowest BCUT2D eigenvalue weighted by atomic mass is 9.91. The van der Waals surface area contributed by atoms with E-state index in [1.807, 2.05) is 52.2 Å². The van der Waals surface area contributed by atoms with Gasteiger partial charge in [-0.1, -0.05) is 93.9 Å². The first-order chi connectivity index (χ1) is 27.1. The molecule has 55 heavy (non-hydrogen) atoms. The van der Waals surface area contributed by atoms with E-state index in [0.717, 1.165) is 61.3 Å². The summed E-state index contributed by atoms with van der Waals surface area (Å²) in [7, 11) is 0. The van der Waals surface area contributed by atoms with Crippen molar-refractivity contribution in [3.05, 3.63) is 181 Å². The Kier molecular flexibility index (Phi) is 10.9. The van der Waals surface area contributed by atoms with E-state index in [0.29, 0.717) is 0 Å². The first-order valence-electron chi connectivity index (χ1n) is 19.4. The fourth-order valence-electron chi connectivity index (χ4n) is 7.54. The summed E-state index contributed by atoms with van der Waals surface area (Å²) in [6.07, 6.45) is 3.74. The minimum Gasteiger partial charge on any atom is -0.309 e. The number of anilines is 6. The van der Waals surface area contributed by atoms with Gasteiger partial charge in [0.15, 0.2) is 0 Å². The highest BCUT2D eigenvalue weighted by molar-refractivity contribution is 6.25. The molecule has 0 aliphatic heterocycles. The van der Waals surface area contributed by atoms with Gasteiger partial charge in [-0.3, -0.25) is 9.97 Å². The molecule has 7 aromatic carbocycles. The van der Waals surface area contributed by atoms with Crippen LogP contribution < -0.4 is 9.80 Å². The lowest BCUT2D eigenvalue weighted by molar-refractivity contribution is 1.29. The molecule has 0 fully saturated rings. The Hall–Kier alpha value is -6.52. The largest absolute Gasteiger partial charge is 0.309 e. The Balaban J connectivity index is 0.00000113. The smallest absolute Gasteiger partial charge is 0.0723 e. The molecule has 9 aromatic rings. The third kappa shape index (κ3) is 6.77. The molecule has 0 radical (unpaired) electrons. The molecule has 0 unspecified atom stereocenters. The van der Waals surface area contributed by atoms with E-state index >= 15 is 0 Å². The summed E-state index contributed by atoms with van der Waals surface area (Å²) in [5, 5.41) is 6.88. The summed E-state index contributed by atoms with van der Waals surface area (Å²) in [5.74, 6) is 0. The normalized spacial score (nSPS) is 10.8. The van der Waals surface area contributed by atoms with Gasteiger partial charge in [-0.2, -0.15) is 0 Å². The topological polar surface area (TPSA) is 32.3 Å². The number of hydrogen-bond acceptors (Lipinski definition) is 4. The highest BCUT2D eigenvalue weighted by Gasteiger charge is 2.27. The molecule has 0 spiro atoms. The minimum atomic E-state index is 0.962. The summed E-state index contributed by atoms with van der Waals surface area (Å²) < 4.78 is 0. The fraction of sp³-hybridized carbons (Fsp3) is 0.137. The lowest BCUT2D eigenvalue weighted by Gasteiger charge is -2.34. The quantitative estimate of drug-likeness (QED) is 0.127. The number of rotatable bonds is 6. The maximum atomic E-state index is 4.77. The van der Waals surface area contributed by atoms with E-state index in [1.165, 1.54) is 32.8 Å². The number of pyridine rings is 2. The van der Waals surface area contributed by atoms with Gasteiger partial charge in [0, 0.05) is 56.1 Å². The average Bonchev–Trinajstić information content (AvgIpc) is 3.25. The molecular formula is C51H48N4. The molecule has 0 aliphatic rings. The van der Waals surface area contributed by atoms with Crippen molar-refractivity contribution >= 4 is 77.5 Å². The number of benzene rings is 7. The van der Waals surface area contributed by atoms with Crippen LogP contribution in [0.15, 0.2) is 164 Å². The van der Waals surface area contributed by atoms with E-state index in [4.69, 9.17) is 9.97 Å². The van der Waals surface area contributed by atoms with Crippen LogP contribution in [-0.2, 0) is 0 Å². The average molecular weight is 717 g/mol. The van der Waals surface area contributed by atoms with E-state index in [-0.39, 0.29) is 0 Å². The van der Waals surface area contributed by atoms with Gasteiger partial charge in [0.2, 0.25) is 0 Å². The van der Waals surface area contributed by atoms with Crippen molar-refractivity contribution in [2.24, 2.45) is 0 Å². The van der Waals surface area contributed by atoms with Crippen LogP contribution in [0.25, 0.3) is 43.4 Å². The highest BCUT2D eigenvalue weighted by Crippen LogP contribution is 2.53. The van der Waals surface area contributed by atoms with E-state index < -0.39 is 0 Å². The van der Waals surface area contributed by atoms with Crippen molar-refractivity contribution in [2.45, 2.75) is 48.5 Å². The number of nitrogens with zero attached hydrogens (tertiary/aromatic N) is 4. The van der Waals surface area contributed by atoms with Crippen molar-refractivity contribution in [2.75, 3.05) is 9.80 Å². The molecule has 0 aliphatic carbocycles. The highest BCUT2D eigenvalue weighted by atomic mass is 15.2. The van der Waals surface area contributed by atoms with Gasteiger partial charge in [0.25, 0.3) is 0 Å². The van der Waals surface area contributed by atoms with Crippen LogP contribution in [0.5, 0.6) is 0 Å². The fourth-order valence-corrected chi connectivity index (χ4v) is 7.54. The molecular weight excluding hydrogens is 669 g/mol. The molecule has 9 rings (SSSR count). The predicted molar refractivity (Wildman–Crippen MR) is 238 cm³/mol. The Labute approximate surface area is 325 Å². The van der Waals surface area contributed by atoms with Crippen molar-refractivity contribution in [1.82, 2.24) is 9.97 Å². The van der Waals surface area contributed by atoms with E-state index in [2.05, 4.69) is 170 Å². The predicted octanol–water partition coefficient (Wildman–Crippen LogP) is 15.0. The SMILES string of the molecule is CC.CC.Cc1ccc2c(N(c3ccccc3)c3cccc4ncccc34)c3cc(C)c(C)cc3c(N(c3ccccc3)c3cccc4ncccc34)c2c1. The van der Waals surface area contributed by atoms with E-state index in [9.17, 15) is 0 Å². The Bertz CT molecular complexity index is 2730. The molecule has 0 amide bonds. The second kappa shape index (κ2) is 16.2. The number of aryl methyl sites for hydroxylation is 3. The zero-order chi connectivity index (χ0) is 38.5. The first kappa shape index (κ1) is 36.8. The molecule has 2 heterocycles. The lowest BCUT2D eigenvalue weighted by Crippen LogP contribution is -2.15. The molecule has 0 bridgehead atoms. The minimum absolute atomic E-state index is 0.962. The van der Waals surface area contributed by atoms with Crippen LogP contribution in [0.4, 0.5) is 34.1 Å². The monoisotopic (exact) mass is 716 g/mol. The molecule has 272 valence electrons. The summed E-state index contributed by atoms with van der Waals surface area (Å²) in [4.78, 5) is 14.4. The van der Waals surface area contributed by atoms with Gasteiger partial charge >= 0.3 is 0 Å². The number of para-hydroxylation sites is 2. The van der Waals surface area contributed by atoms with E-state index in [1.54, 1.807) is 0 Å².